The molecule has 4 rings (SSSR count). The molecule has 0 saturated heterocycles. The molecule has 3 N–H and O–H groups in total. The van der Waals surface area contributed by atoms with Crippen LogP contribution < -0.4 is 20.2 Å². The molecular formula is C22H22FN3O4S2. The quantitative estimate of drug-likeness (QED) is 0.379. The minimum atomic E-state index is -1.91. The maximum Gasteiger partial charge on any atom is 0.340 e. The Morgan fingerprint density at radius 1 is 1.28 bits per heavy atom. The van der Waals surface area contributed by atoms with Gasteiger partial charge in [-0.25, -0.2) is 23.5 Å². The van der Waals surface area contributed by atoms with Gasteiger partial charge >= 0.3 is 5.63 Å². The lowest BCUT2D eigenvalue weighted by atomic mass is 9.99. The number of benzene rings is 2. The maximum atomic E-state index is 14.7. The van der Waals surface area contributed by atoms with Crippen LogP contribution in [0.3, 0.4) is 0 Å². The lowest BCUT2D eigenvalue weighted by molar-refractivity contribution is 0.476. The lowest BCUT2D eigenvalue weighted by Crippen LogP contribution is -2.15. The van der Waals surface area contributed by atoms with E-state index in [1.807, 2.05) is 13.8 Å². The molecule has 0 fully saturated rings. The summed E-state index contributed by atoms with van der Waals surface area (Å²) in [5, 5.41) is 8.17. The Hall–Kier alpha value is -3.08. The van der Waals surface area contributed by atoms with Crippen LogP contribution in [0.25, 0.3) is 11.0 Å². The first kappa shape index (κ1) is 23.6. The Labute approximate surface area is 190 Å². The number of fused-ring (bicyclic) bond motifs is 1. The third-order valence-electron chi connectivity index (χ3n) is 4.53. The van der Waals surface area contributed by atoms with Gasteiger partial charge in [0.2, 0.25) is 0 Å². The molecule has 0 aliphatic rings. The number of hydrogen-bond acceptors (Lipinski definition) is 6. The van der Waals surface area contributed by atoms with Crippen LogP contribution in [0.4, 0.5) is 10.1 Å². The maximum absolute atomic E-state index is 14.7. The van der Waals surface area contributed by atoms with Gasteiger partial charge in [0.15, 0.2) is 17.0 Å². The normalized spacial score (nSPS) is 11.5. The first-order chi connectivity index (χ1) is 15.4. The fraction of sp³-hybridized carbons (Fsp3) is 0.182. The monoisotopic (exact) mass is 475 g/mol. The highest BCUT2D eigenvalue weighted by molar-refractivity contribution is 7.84. The summed E-state index contributed by atoms with van der Waals surface area (Å²) in [5.41, 5.74) is 1.07. The van der Waals surface area contributed by atoms with Crippen LogP contribution in [0.5, 0.6) is 10.9 Å². The van der Waals surface area contributed by atoms with E-state index in [0.717, 1.165) is 0 Å². The molecule has 2 aromatic carbocycles. The second kappa shape index (κ2) is 10.5. The van der Waals surface area contributed by atoms with Gasteiger partial charge in [0.1, 0.15) is 11.3 Å². The lowest BCUT2D eigenvalue weighted by Gasteiger charge is -2.11. The highest BCUT2D eigenvalue weighted by Crippen LogP contribution is 2.29. The van der Waals surface area contributed by atoms with Crippen molar-refractivity contribution in [1.82, 2.24) is 4.98 Å². The molecule has 7 nitrogen and oxygen atoms in total. The van der Waals surface area contributed by atoms with Gasteiger partial charge in [-0.05, 0) is 36.2 Å². The molecule has 1 unspecified atom stereocenters. The summed E-state index contributed by atoms with van der Waals surface area (Å²) in [5.74, 6) is -0.130. The predicted octanol–water partition coefficient (Wildman–Crippen LogP) is 5.06. The number of hydrogen-bond donors (Lipinski definition) is 2. The summed E-state index contributed by atoms with van der Waals surface area (Å²) in [6, 6.07) is 9.72. The molecule has 0 radical (unpaired) electrons. The van der Waals surface area contributed by atoms with Gasteiger partial charge in [-0.2, -0.15) is 0 Å². The number of rotatable bonds is 6. The van der Waals surface area contributed by atoms with Gasteiger partial charge in [-0.1, -0.05) is 37.3 Å². The van der Waals surface area contributed by atoms with Gasteiger partial charge in [0, 0.05) is 35.0 Å². The third-order valence-corrected chi connectivity index (χ3v) is 5.60. The zero-order chi connectivity index (χ0) is 23.3. The van der Waals surface area contributed by atoms with Crippen LogP contribution in [0.15, 0.2) is 57.2 Å². The highest BCUT2D eigenvalue weighted by Gasteiger charge is 2.16. The zero-order valence-electron chi connectivity index (χ0n) is 17.7. The van der Waals surface area contributed by atoms with Gasteiger partial charge in [-0.15, -0.1) is 0 Å². The molecule has 2 aromatic heterocycles. The van der Waals surface area contributed by atoms with Crippen LogP contribution in [0.2, 0.25) is 0 Å². The van der Waals surface area contributed by atoms with Crippen LogP contribution in [0, 0.1) is 12.7 Å². The fourth-order valence-corrected chi connectivity index (χ4v) is 3.98. The molecule has 10 heteroatoms. The van der Waals surface area contributed by atoms with E-state index in [4.69, 9.17) is 14.3 Å². The summed E-state index contributed by atoms with van der Waals surface area (Å²) in [7, 11) is 0. The van der Waals surface area contributed by atoms with E-state index in [1.165, 1.54) is 17.4 Å². The Balaban J connectivity index is 0.00000141. The number of anilines is 1. The molecular weight excluding hydrogens is 453 g/mol. The second-order valence-electron chi connectivity index (χ2n) is 6.41. The summed E-state index contributed by atoms with van der Waals surface area (Å²) in [4.78, 5) is 16.7. The summed E-state index contributed by atoms with van der Waals surface area (Å²) >= 11 is -0.563. The first-order valence-corrected chi connectivity index (χ1v) is 11.9. The van der Waals surface area contributed by atoms with Crippen molar-refractivity contribution in [2.45, 2.75) is 27.2 Å². The number of ether oxygens (including phenoxy) is 1. The van der Waals surface area contributed by atoms with Crippen molar-refractivity contribution in [3.05, 3.63) is 80.9 Å². The molecule has 0 aliphatic heterocycles. The molecule has 32 heavy (non-hydrogen) atoms. The number of halogens is 1. The van der Waals surface area contributed by atoms with Gasteiger partial charge in [-0.3, -0.25) is 4.72 Å². The van der Waals surface area contributed by atoms with E-state index in [0.29, 0.717) is 33.0 Å². The van der Waals surface area contributed by atoms with Crippen molar-refractivity contribution in [1.29, 1.82) is 0 Å². The third kappa shape index (κ3) is 5.21. The molecule has 0 saturated carbocycles. The molecule has 0 bridgehead atoms. The smallest absolute Gasteiger partial charge is 0.340 e. The van der Waals surface area contributed by atoms with Crippen molar-refractivity contribution in [2.75, 3.05) is 4.72 Å². The number of aryl methyl sites for hydroxylation is 1. The number of thiazole rings is 1. The number of aromatic nitrogens is 1. The average Bonchev–Trinajstić information content (AvgIpc) is 3.27. The largest absolute Gasteiger partial charge is 0.431 e. The Morgan fingerprint density at radius 3 is 2.75 bits per heavy atom. The summed E-state index contributed by atoms with van der Waals surface area (Å²) in [6.07, 6.45) is 1.65. The fourth-order valence-electron chi connectivity index (χ4n) is 3.10. The van der Waals surface area contributed by atoms with Gasteiger partial charge in [0.25, 0.3) is 5.19 Å². The Bertz CT molecular complexity index is 1310. The number of nitrogens with one attached hydrogen (secondary N) is 1. The zero-order valence-corrected chi connectivity index (χ0v) is 19.3. The van der Waals surface area contributed by atoms with Crippen LogP contribution in [-0.2, 0) is 17.6 Å². The highest BCUT2D eigenvalue weighted by atomic mass is 32.2. The number of nitrogens with zero attached hydrogens (tertiary/aromatic N) is 1. The van der Waals surface area contributed by atoms with E-state index in [2.05, 4.69) is 9.71 Å². The molecule has 2 heterocycles. The van der Waals surface area contributed by atoms with E-state index in [-0.39, 0.29) is 17.7 Å². The van der Waals surface area contributed by atoms with E-state index < -0.39 is 22.6 Å². The molecule has 4 aromatic rings. The standard InChI is InChI=1S/C20H16FN3O4S2.C2H6/c1-11-14-6-5-13(27-20-23-7-8-29-20)10-17(14)28-19(25)15(11)9-12-3-2-4-16(18(12)21)24-30(22)26;1-2/h2-8,10,24H,9,22H2,1H3;1-2H3. The SMILES string of the molecule is CC.Cc1c(Cc2cccc(NS(N)=O)c2F)c(=O)oc2cc(Oc3nccs3)ccc12. The van der Waals surface area contributed by atoms with Crippen molar-refractivity contribution in [2.24, 2.45) is 5.14 Å². The van der Waals surface area contributed by atoms with Crippen molar-refractivity contribution < 1.29 is 17.8 Å². The molecule has 168 valence electrons. The predicted molar refractivity (Wildman–Crippen MR) is 126 cm³/mol. The van der Waals surface area contributed by atoms with Gasteiger partial charge in [0.05, 0.1) is 5.69 Å². The summed E-state index contributed by atoms with van der Waals surface area (Å²) < 4.78 is 39.3. The first-order valence-electron chi connectivity index (χ1n) is 9.76. The van der Waals surface area contributed by atoms with Crippen LogP contribution in [0.1, 0.15) is 30.5 Å². The Kier molecular flexibility index (Phi) is 7.73. The van der Waals surface area contributed by atoms with Crippen LogP contribution >= 0.6 is 11.3 Å². The van der Waals surface area contributed by atoms with Gasteiger partial charge < -0.3 is 9.15 Å². The van der Waals surface area contributed by atoms with E-state index in [1.54, 1.807) is 48.8 Å². The van der Waals surface area contributed by atoms with Crippen LogP contribution in [-0.4, -0.2) is 9.19 Å². The molecule has 1 atom stereocenters. The minimum absolute atomic E-state index is 0.000130. The average molecular weight is 476 g/mol. The summed E-state index contributed by atoms with van der Waals surface area (Å²) in [6.45, 7) is 5.78. The van der Waals surface area contributed by atoms with Crippen molar-refractivity contribution >= 4 is 39.2 Å². The van der Waals surface area contributed by atoms with Crippen molar-refractivity contribution in [3.8, 4) is 10.9 Å². The number of nitrogens with two attached hydrogens (primary N) is 1. The molecule has 0 amide bonds. The molecule has 0 spiro atoms. The topological polar surface area (TPSA) is 107 Å². The van der Waals surface area contributed by atoms with E-state index >= 15 is 0 Å². The van der Waals surface area contributed by atoms with Crippen molar-refractivity contribution in [3.63, 3.8) is 0 Å². The molecule has 0 aliphatic carbocycles. The van der Waals surface area contributed by atoms with E-state index in [9.17, 15) is 13.4 Å². The Morgan fingerprint density at radius 2 is 2.06 bits per heavy atom. The minimum Gasteiger partial charge on any atom is -0.431 e. The second-order valence-corrected chi connectivity index (χ2v) is 8.06.